The zero-order chi connectivity index (χ0) is 17.9. The van der Waals surface area contributed by atoms with Gasteiger partial charge in [0.05, 0.1) is 18.1 Å². The molecule has 9 heteroatoms. The zero-order valence-corrected chi connectivity index (χ0v) is 14.8. The molecule has 0 saturated carbocycles. The minimum atomic E-state index is -3.63. The van der Waals surface area contributed by atoms with Crippen LogP contribution in [0.25, 0.3) is 0 Å². The first kappa shape index (κ1) is 17.8. The van der Waals surface area contributed by atoms with Gasteiger partial charge in [-0.1, -0.05) is 17.7 Å². The van der Waals surface area contributed by atoms with Crippen LogP contribution in [0.4, 0.5) is 5.69 Å². The monoisotopic (exact) mass is 381 g/mol. The molecule has 0 atom stereocenters. The van der Waals surface area contributed by atoms with Crippen molar-refractivity contribution in [2.75, 3.05) is 31.6 Å². The van der Waals surface area contributed by atoms with E-state index in [1.165, 1.54) is 28.7 Å². The second kappa shape index (κ2) is 7.49. The Morgan fingerprint density at radius 3 is 2.68 bits per heavy atom. The molecule has 1 aliphatic rings. The number of halogens is 1. The van der Waals surface area contributed by atoms with Crippen molar-refractivity contribution in [3.05, 3.63) is 53.3 Å². The summed E-state index contributed by atoms with van der Waals surface area (Å²) in [6.45, 7) is 1.36. The summed E-state index contributed by atoms with van der Waals surface area (Å²) in [6.07, 6.45) is 1.43. The van der Waals surface area contributed by atoms with Gasteiger partial charge in [0.15, 0.2) is 0 Å². The Balaban J connectivity index is 1.80. The molecular weight excluding hydrogens is 366 g/mol. The largest absolute Gasteiger partial charge is 0.379 e. The van der Waals surface area contributed by atoms with E-state index in [0.29, 0.717) is 37.0 Å². The van der Waals surface area contributed by atoms with Crippen molar-refractivity contribution < 1.29 is 17.9 Å². The summed E-state index contributed by atoms with van der Waals surface area (Å²) < 4.78 is 31.9. The SMILES string of the molecule is O=C(Nc1cccc(S(=O)(=O)N2CCOCC2)c1)c1cc(Cl)ccn1. The molecule has 1 fully saturated rings. The molecule has 1 aromatic heterocycles. The molecule has 1 aliphatic heterocycles. The van der Waals surface area contributed by atoms with E-state index in [-0.39, 0.29) is 10.6 Å². The Kier molecular flexibility index (Phi) is 5.33. The van der Waals surface area contributed by atoms with Gasteiger partial charge in [-0.15, -0.1) is 0 Å². The lowest BCUT2D eigenvalue weighted by atomic mass is 10.3. The highest BCUT2D eigenvalue weighted by Crippen LogP contribution is 2.21. The quantitative estimate of drug-likeness (QED) is 0.875. The maximum atomic E-state index is 12.7. The van der Waals surface area contributed by atoms with Crippen LogP contribution in [0.3, 0.4) is 0 Å². The number of amides is 1. The number of benzene rings is 1. The molecule has 132 valence electrons. The van der Waals surface area contributed by atoms with Gasteiger partial charge in [0.25, 0.3) is 5.91 Å². The fraction of sp³-hybridized carbons (Fsp3) is 0.250. The first-order chi connectivity index (χ1) is 12.0. The van der Waals surface area contributed by atoms with Crippen molar-refractivity contribution in [3.8, 4) is 0 Å². The number of anilines is 1. The molecule has 2 aromatic rings. The van der Waals surface area contributed by atoms with E-state index in [9.17, 15) is 13.2 Å². The molecule has 1 saturated heterocycles. The molecule has 1 amide bonds. The number of nitrogens with one attached hydrogen (secondary N) is 1. The van der Waals surface area contributed by atoms with Crippen molar-refractivity contribution >= 4 is 33.2 Å². The van der Waals surface area contributed by atoms with Gasteiger partial charge in [0.2, 0.25) is 10.0 Å². The topological polar surface area (TPSA) is 88.6 Å². The molecule has 2 heterocycles. The fourth-order valence-electron chi connectivity index (χ4n) is 2.39. The van der Waals surface area contributed by atoms with Crippen LogP contribution in [0.5, 0.6) is 0 Å². The number of hydrogen-bond acceptors (Lipinski definition) is 5. The van der Waals surface area contributed by atoms with Crippen molar-refractivity contribution in [3.63, 3.8) is 0 Å². The molecule has 0 aliphatic carbocycles. The number of carbonyl (C=O) groups is 1. The van der Waals surface area contributed by atoms with E-state index in [1.807, 2.05) is 0 Å². The van der Waals surface area contributed by atoms with E-state index < -0.39 is 15.9 Å². The minimum Gasteiger partial charge on any atom is -0.379 e. The van der Waals surface area contributed by atoms with Gasteiger partial charge in [-0.3, -0.25) is 9.78 Å². The molecule has 0 radical (unpaired) electrons. The van der Waals surface area contributed by atoms with Gasteiger partial charge < -0.3 is 10.1 Å². The lowest BCUT2D eigenvalue weighted by Crippen LogP contribution is -2.40. The van der Waals surface area contributed by atoms with Crippen LogP contribution in [-0.2, 0) is 14.8 Å². The Hall–Kier alpha value is -2.00. The van der Waals surface area contributed by atoms with Gasteiger partial charge in [0, 0.05) is 30.0 Å². The van der Waals surface area contributed by atoms with E-state index >= 15 is 0 Å². The Bertz CT molecular complexity index is 882. The van der Waals surface area contributed by atoms with Crippen LogP contribution in [0.1, 0.15) is 10.5 Å². The number of nitrogens with zero attached hydrogens (tertiary/aromatic N) is 2. The number of aromatic nitrogens is 1. The third-order valence-electron chi connectivity index (χ3n) is 3.65. The predicted octanol–water partition coefficient (Wildman–Crippen LogP) is 2.01. The molecule has 0 bridgehead atoms. The number of pyridine rings is 1. The van der Waals surface area contributed by atoms with Crippen LogP contribution in [-0.4, -0.2) is 49.9 Å². The normalized spacial score (nSPS) is 15.7. The molecule has 25 heavy (non-hydrogen) atoms. The van der Waals surface area contributed by atoms with Gasteiger partial charge in [-0.05, 0) is 30.3 Å². The third kappa shape index (κ3) is 4.16. The fourth-order valence-corrected chi connectivity index (χ4v) is 4.01. The summed E-state index contributed by atoms with van der Waals surface area (Å²) in [6, 6.07) is 9.11. The number of morpholine rings is 1. The molecule has 1 N–H and O–H groups in total. The van der Waals surface area contributed by atoms with Crippen molar-refractivity contribution in [2.24, 2.45) is 0 Å². The lowest BCUT2D eigenvalue weighted by Gasteiger charge is -2.26. The lowest BCUT2D eigenvalue weighted by molar-refractivity contribution is 0.0730. The standard InChI is InChI=1S/C16H16ClN3O4S/c17-12-4-5-18-15(10-12)16(21)19-13-2-1-3-14(11-13)25(22,23)20-6-8-24-9-7-20/h1-5,10-11H,6-9H2,(H,19,21). The average Bonchev–Trinajstić information content (AvgIpc) is 2.62. The molecule has 0 unspecified atom stereocenters. The van der Waals surface area contributed by atoms with E-state index in [4.69, 9.17) is 16.3 Å². The molecule has 1 aromatic carbocycles. The summed E-state index contributed by atoms with van der Waals surface area (Å²) >= 11 is 5.85. The van der Waals surface area contributed by atoms with Crippen molar-refractivity contribution in [1.82, 2.24) is 9.29 Å². The summed E-state index contributed by atoms with van der Waals surface area (Å²) in [5.74, 6) is -0.469. The number of hydrogen-bond donors (Lipinski definition) is 1. The Morgan fingerprint density at radius 2 is 1.96 bits per heavy atom. The van der Waals surface area contributed by atoms with Gasteiger partial charge in [-0.2, -0.15) is 4.31 Å². The van der Waals surface area contributed by atoms with E-state index in [0.717, 1.165) is 0 Å². The molecule has 7 nitrogen and oxygen atoms in total. The van der Waals surface area contributed by atoms with Crippen molar-refractivity contribution in [2.45, 2.75) is 4.90 Å². The number of carbonyl (C=O) groups excluding carboxylic acids is 1. The van der Waals surface area contributed by atoms with Crippen LogP contribution in [0.2, 0.25) is 5.02 Å². The second-order valence-corrected chi connectivity index (χ2v) is 7.73. The first-order valence-corrected chi connectivity index (χ1v) is 9.39. The third-order valence-corrected chi connectivity index (χ3v) is 5.78. The van der Waals surface area contributed by atoms with Crippen LogP contribution >= 0.6 is 11.6 Å². The summed E-state index contributed by atoms with van der Waals surface area (Å²) in [4.78, 5) is 16.3. The summed E-state index contributed by atoms with van der Waals surface area (Å²) in [7, 11) is -3.63. The highest BCUT2D eigenvalue weighted by molar-refractivity contribution is 7.89. The highest BCUT2D eigenvalue weighted by Gasteiger charge is 2.26. The van der Waals surface area contributed by atoms with Gasteiger partial charge >= 0.3 is 0 Å². The Labute approximate surface area is 150 Å². The van der Waals surface area contributed by atoms with Crippen molar-refractivity contribution in [1.29, 1.82) is 0 Å². The average molecular weight is 382 g/mol. The first-order valence-electron chi connectivity index (χ1n) is 7.58. The molecular formula is C16H16ClN3O4S. The predicted molar refractivity (Wildman–Crippen MR) is 93.2 cm³/mol. The van der Waals surface area contributed by atoms with E-state index in [2.05, 4.69) is 10.3 Å². The van der Waals surface area contributed by atoms with Crippen LogP contribution in [0, 0.1) is 0 Å². The second-order valence-electron chi connectivity index (χ2n) is 5.36. The van der Waals surface area contributed by atoms with Crippen LogP contribution in [0.15, 0.2) is 47.5 Å². The molecule has 3 rings (SSSR count). The highest BCUT2D eigenvalue weighted by atomic mass is 35.5. The zero-order valence-electron chi connectivity index (χ0n) is 13.2. The van der Waals surface area contributed by atoms with E-state index in [1.54, 1.807) is 18.2 Å². The smallest absolute Gasteiger partial charge is 0.274 e. The maximum Gasteiger partial charge on any atom is 0.274 e. The molecule has 0 spiro atoms. The van der Waals surface area contributed by atoms with Gasteiger partial charge in [-0.25, -0.2) is 8.42 Å². The Morgan fingerprint density at radius 1 is 1.20 bits per heavy atom. The van der Waals surface area contributed by atoms with Crippen LogP contribution < -0.4 is 5.32 Å². The minimum absolute atomic E-state index is 0.117. The number of rotatable bonds is 4. The number of sulfonamides is 1. The maximum absolute atomic E-state index is 12.7. The van der Waals surface area contributed by atoms with Gasteiger partial charge in [0.1, 0.15) is 5.69 Å². The summed E-state index contributed by atoms with van der Waals surface area (Å²) in [5.41, 5.74) is 0.509. The number of ether oxygens (including phenoxy) is 1. The summed E-state index contributed by atoms with van der Waals surface area (Å²) in [5, 5.41) is 3.03.